The standard InChI is InChI=1S/C20H22F3N4O3.Es/c1-13-9-14(17(29)12-28)11-24-18(13)26-5-7-27(8-6-26)19(30)25-16-4-2-3-15(10-16)20(21,22)23;/h2,4,9-11,17,28-29H,5-8,12H2,1H3,(H,25,30);/q-1;/t17-;/m1./s1. The van der Waals surface area contributed by atoms with Gasteiger partial charge in [-0.3, -0.25) is 0 Å². The quantitative estimate of drug-likeness (QED) is 0.434. The Morgan fingerprint density at radius 2 is 1.97 bits per heavy atom. The van der Waals surface area contributed by atoms with Crippen molar-refractivity contribution in [2.45, 2.75) is 19.2 Å². The summed E-state index contributed by atoms with van der Waals surface area (Å²) in [6.07, 6.45) is -4.01. The van der Waals surface area contributed by atoms with Gasteiger partial charge in [-0.15, -0.1) is 12.1 Å². The molecular formula is C20H22EsF3N4O3-. The van der Waals surface area contributed by atoms with Gasteiger partial charge < -0.3 is 25.3 Å². The molecule has 7 nitrogen and oxygen atoms in total. The number of pyridine rings is 1. The molecule has 1 fully saturated rings. The number of nitrogens with one attached hydrogen (secondary N) is 1. The number of nitrogens with zero attached hydrogens (tertiary/aromatic N) is 3. The second-order valence-corrected chi connectivity index (χ2v) is 7.00. The first kappa shape index (κ1) is 23.4. The Morgan fingerprint density at radius 3 is 2.55 bits per heavy atom. The summed E-state index contributed by atoms with van der Waals surface area (Å²) in [5, 5.41) is 21.3. The predicted octanol–water partition coefficient (Wildman–Crippen LogP) is 2.59. The van der Waals surface area contributed by atoms with E-state index in [2.05, 4.69) is 16.4 Å². The monoisotopic (exact) mass is 675 g/mol. The van der Waals surface area contributed by atoms with Crippen LogP contribution in [0.4, 0.5) is 29.5 Å². The summed E-state index contributed by atoms with van der Waals surface area (Å²) < 4.78 is 38.4. The van der Waals surface area contributed by atoms with Gasteiger partial charge in [0.15, 0.2) is 0 Å². The first-order valence-corrected chi connectivity index (χ1v) is 9.34. The van der Waals surface area contributed by atoms with Crippen LogP contribution in [0.15, 0.2) is 30.5 Å². The SMILES string of the molecule is Cc1cc([C@H](O)CO)cnc1N1CCN(C(=O)Nc2cc[c-]c(C(F)(F)F)c2)CC1.[Es]. The van der Waals surface area contributed by atoms with Crippen LogP contribution in [-0.2, 0) is 6.18 Å². The first-order chi connectivity index (χ1) is 14.2. The third kappa shape index (κ3) is 5.40. The molecule has 1 saturated heterocycles. The van der Waals surface area contributed by atoms with Crippen LogP contribution in [0.25, 0.3) is 0 Å². The molecule has 2 amide bonds. The molecule has 11 heteroatoms. The van der Waals surface area contributed by atoms with Crippen LogP contribution in [0, 0.1) is 13.0 Å². The summed E-state index contributed by atoms with van der Waals surface area (Å²) in [4.78, 5) is 20.3. The minimum Gasteiger partial charge on any atom is -0.393 e. The number of amides is 2. The summed E-state index contributed by atoms with van der Waals surface area (Å²) >= 11 is 0. The molecule has 3 rings (SSSR count). The van der Waals surface area contributed by atoms with Crippen molar-refractivity contribution in [3.63, 3.8) is 0 Å². The van der Waals surface area contributed by atoms with Crippen LogP contribution in [0.3, 0.4) is 0 Å². The average Bonchev–Trinajstić information content (AvgIpc) is 2.73. The number of aromatic nitrogens is 1. The molecule has 31 heavy (non-hydrogen) atoms. The van der Waals surface area contributed by atoms with E-state index in [0.29, 0.717) is 31.7 Å². The molecule has 1 atom stereocenters. The maximum Gasteiger partial charge on any atom is 0.394 e. The number of carbonyl (C=O) groups excluding carboxylic acids is 1. The Kier molecular flexibility index (Phi) is 7.04. The van der Waals surface area contributed by atoms with Crippen LogP contribution in [0.2, 0.25) is 0 Å². The van der Waals surface area contributed by atoms with E-state index in [9.17, 15) is 23.1 Å². The van der Waals surface area contributed by atoms with Crippen molar-refractivity contribution in [3.8, 4) is 0 Å². The number of alkyl halides is 3. The zero-order chi connectivity index (χ0) is 21.9. The van der Waals surface area contributed by atoms with Crippen LogP contribution in [0.5, 0.6) is 0 Å². The molecule has 1 aliphatic rings. The molecular weight excluding hydrogens is 653 g/mol. The third-order valence-corrected chi connectivity index (χ3v) is 4.85. The number of aryl methyl sites for hydroxylation is 1. The maximum absolute atomic E-state index is 12.8. The Labute approximate surface area is 171 Å². The smallest absolute Gasteiger partial charge is 0.393 e. The fourth-order valence-electron chi connectivity index (χ4n) is 3.24. The number of urea groups is 1. The molecule has 0 bridgehead atoms. The van der Waals surface area contributed by atoms with Crippen molar-refractivity contribution in [3.05, 3.63) is 53.2 Å². The third-order valence-electron chi connectivity index (χ3n) is 4.85. The van der Waals surface area contributed by atoms with Gasteiger partial charge in [0.05, 0.1) is 6.61 Å². The predicted molar refractivity (Wildman–Crippen MR) is 104 cm³/mol. The second kappa shape index (κ2) is 9.31. The summed E-state index contributed by atoms with van der Waals surface area (Å²) in [6, 6.07) is 6.74. The number of halogens is 3. The van der Waals surface area contributed by atoms with Gasteiger partial charge in [0, 0.05) is 37.9 Å². The van der Waals surface area contributed by atoms with E-state index < -0.39 is 30.5 Å². The Bertz CT molecular complexity index is 905. The molecule has 3 N–H and O–H groups in total. The molecule has 2 aromatic rings. The van der Waals surface area contributed by atoms with Gasteiger partial charge in [0.1, 0.15) is 11.9 Å². The van der Waals surface area contributed by atoms with Crippen LogP contribution < -0.4 is 10.2 Å². The first-order valence-electron chi connectivity index (χ1n) is 9.34. The number of carbonyl (C=O) groups is 1. The molecule has 1 aliphatic heterocycles. The number of hydrogen-bond acceptors (Lipinski definition) is 5. The molecule has 0 spiro atoms. The number of benzene rings is 1. The second-order valence-electron chi connectivity index (χ2n) is 7.00. The van der Waals surface area contributed by atoms with Crippen molar-refractivity contribution >= 4 is 17.5 Å². The molecule has 2 heterocycles. The van der Waals surface area contributed by atoms with Gasteiger partial charge in [-0.1, -0.05) is 11.3 Å². The van der Waals surface area contributed by atoms with E-state index in [0.717, 1.165) is 23.5 Å². The summed E-state index contributed by atoms with van der Waals surface area (Å²) in [7, 11) is 0. The van der Waals surface area contributed by atoms with Gasteiger partial charge in [-0.2, -0.15) is 25.3 Å². The van der Waals surface area contributed by atoms with Crippen molar-refractivity contribution < 1.29 is 28.2 Å². The van der Waals surface area contributed by atoms with Gasteiger partial charge in [-0.25, -0.2) is 9.78 Å². The summed E-state index contributed by atoms with van der Waals surface area (Å²) in [5.41, 5.74) is 0.471. The van der Waals surface area contributed by atoms with E-state index in [1.54, 1.807) is 6.07 Å². The van der Waals surface area contributed by atoms with E-state index in [1.807, 2.05) is 11.8 Å². The topological polar surface area (TPSA) is 88.9 Å². The number of aliphatic hydroxyl groups excluding tert-OH is 2. The minimum atomic E-state index is -4.53. The molecule has 173 valence electrons. The van der Waals surface area contributed by atoms with Crippen molar-refractivity contribution in [1.29, 1.82) is 0 Å². The van der Waals surface area contributed by atoms with Crippen molar-refractivity contribution in [2.24, 2.45) is 0 Å². The molecule has 1 aromatic carbocycles. The van der Waals surface area contributed by atoms with Crippen LogP contribution >= 0.6 is 0 Å². The van der Waals surface area contributed by atoms with Crippen LogP contribution in [0.1, 0.15) is 22.8 Å². The van der Waals surface area contributed by atoms with Gasteiger partial charge in [-0.05, 0) is 18.6 Å². The zero-order valence-electron chi connectivity index (χ0n) is 16.6. The van der Waals surface area contributed by atoms with E-state index >= 15 is 0 Å². The summed E-state index contributed by atoms with van der Waals surface area (Å²) in [5.74, 6) is 0.720. The fourth-order valence-corrected chi connectivity index (χ4v) is 3.24. The number of aliphatic hydroxyl groups is 2. The van der Waals surface area contributed by atoms with Crippen molar-refractivity contribution in [2.75, 3.05) is 43.0 Å². The maximum atomic E-state index is 12.8. The molecule has 0 saturated carbocycles. The molecule has 1 aromatic heterocycles. The Hall–Kier alpha value is -3.85. The Morgan fingerprint density at radius 1 is 1.29 bits per heavy atom. The zero-order valence-corrected chi connectivity index (χ0v) is 19.1. The van der Waals surface area contributed by atoms with Gasteiger partial charge in [0.2, 0.25) is 0 Å². The number of anilines is 2. The molecule has 0 aliphatic carbocycles. The fraction of sp³-hybridized carbons (Fsp3) is 0.400. The van der Waals surface area contributed by atoms with Gasteiger partial charge in [0.25, 0.3) is 0 Å². The average molecular weight is 675 g/mol. The van der Waals surface area contributed by atoms with E-state index in [1.165, 1.54) is 17.2 Å². The number of rotatable bonds is 4. The van der Waals surface area contributed by atoms with Gasteiger partial charge >= 0.3 is 12.2 Å². The molecule has 1 radical (unpaired) electrons. The van der Waals surface area contributed by atoms with Crippen molar-refractivity contribution in [1.82, 2.24) is 9.88 Å². The number of piperazine rings is 1. The Balaban J connectivity index is 0.00000341. The minimum absolute atomic E-state index is 0. The molecule has 0 unspecified atom stereocenters. The number of hydrogen-bond donors (Lipinski definition) is 3. The van der Waals surface area contributed by atoms with E-state index in [4.69, 9.17) is 5.11 Å². The normalized spacial score (nSPS) is 15.3. The summed E-state index contributed by atoms with van der Waals surface area (Å²) in [6.45, 7) is 3.20. The van der Waals surface area contributed by atoms with E-state index in [-0.39, 0.29) is 5.69 Å². The largest absolute Gasteiger partial charge is 0.394 e. The van der Waals surface area contributed by atoms with Crippen LogP contribution in [-0.4, -0.2) is 58.9 Å².